The zero-order chi connectivity index (χ0) is 26.6. The molecule has 3 rings (SSSR count). The zero-order valence-corrected chi connectivity index (χ0v) is 22.4. The van der Waals surface area contributed by atoms with Crippen molar-refractivity contribution in [2.24, 2.45) is 5.10 Å². The lowest BCUT2D eigenvalue weighted by Crippen LogP contribution is -2.36. The Kier molecular flexibility index (Phi) is 8.57. The Morgan fingerprint density at radius 1 is 1.06 bits per heavy atom. The van der Waals surface area contributed by atoms with Gasteiger partial charge < -0.3 is 9.88 Å². The van der Waals surface area contributed by atoms with Gasteiger partial charge in [0.15, 0.2) is 0 Å². The van der Waals surface area contributed by atoms with Gasteiger partial charge in [0.1, 0.15) is 0 Å². The molecular weight excluding hydrogens is 525 g/mol. The number of carbonyl (C=O) groups is 2. The molecule has 190 valence electrons. The van der Waals surface area contributed by atoms with Gasteiger partial charge in [-0.2, -0.15) is 9.41 Å². The Labute approximate surface area is 219 Å². The number of likely N-dealkylation sites (N-methyl/N-ethyl adjacent to an activating group) is 1. The van der Waals surface area contributed by atoms with E-state index < -0.39 is 22.5 Å². The lowest BCUT2D eigenvalue weighted by molar-refractivity contribution is -0.121. The second-order valence-electron chi connectivity index (χ2n) is 8.05. The number of nitrogens with one attached hydrogen (secondary N) is 2. The molecular formula is C24H25Cl2N5O4S. The van der Waals surface area contributed by atoms with Gasteiger partial charge in [-0.15, -0.1) is 0 Å². The van der Waals surface area contributed by atoms with Crippen molar-refractivity contribution in [2.45, 2.75) is 25.7 Å². The summed E-state index contributed by atoms with van der Waals surface area (Å²) >= 11 is 12.3. The highest BCUT2D eigenvalue weighted by atomic mass is 35.5. The first-order chi connectivity index (χ1) is 16.9. The van der Waals surface area contributed by atoms with Gasteiger partial charge in [0.25, 0.3) is 5.91 Å². The molecule has 2 amide bonds. The number of aryl methyl sites for hydroxylation is 1. The number of benzene rings is 2. The molecule has 1 aromatic heterocycles. The predicted octanol–water partition coefficient (Wildman–Crippen LogP) is 4.13. The third kappa shape index (κ3) is 6.52. The molecule has 12 heteroatoms. The number of hydrogen-bond acceptors (Lipinski definition) is 5. The number of nitrogens with zero attached hydrogens (tertiary/aromatic N) is 3. The molecule has 0 unspecified atom stereocenters. The summed E-state index contributed by atoms with van der Waals surface area (Å²) in [6.45, 7) is 4.73. The van der Waals surface area contributed by atoms with E-state index in [9.17, 15) is 18.0 Å². The predicted molar refractivity (Wildman–Crippen MR) is 142 cm³/mol. The number of amides is 2. The first-order valence-corrected chi connectivity index (χ1v) is 12.9. The molecule has 0 aliphatic carbocycles. The Balaban J connectivity index is 1.66. The minimum Gasteiger partial charge on any atom is -0.326 e. The highest BCUT2D eigenvalue weighted by molar-refractivity contribution is 7.89. The molecule has 9 nitrogen and oxygen atoms in total. The Hall–Kier alpha value is -3.18. The van der Waals surface area contributed by atoms with Crippen LogP contribution in [0.2, 0.25) is 10.0 Å². The van der Waals surface area contributed by atoms with Crippen molar-refractivity contribution in [3.63, 3.8) is 0 Å². The normalized spacial score (nSPS) is 11.8. The summed E-state index contributed by atoms with van der Waals surface area (Å²) in [5.41, 5.74) is 6.13. The summed E-state index contributed by atoms with van der Waals surface area (Å²) in [7, 11) is -2.62. The van der Waals surface area contributed by atoms with E-state index in [-0.39, 0.29) is 10.8 Å². The second-order valence-corrected chi connectivity index (χ2v) is 11.0. The van der Waals surface area contributed by atoms with E-state index >= 15 is 0 Å². The number of hydrazone groups is 1. The Morgan fingerprint density at radius 2 is 1.67 bits per heavy atom. The third-order valence-electron chi connectivity index (χ3n) is 5.22. The molecule has 36 heavy (non-hydrogen) atoms. The molecule has 0 spiro atoms. The molecule has 1 heterocycles. The lowest BCUT2D eigenvalue weighted by atomic mass is 10.2. The van der Waals surface area contributed by atoms with E-state index in [4.69, 9.17) is 23.2 Å². The maximum atomic E-state index is 12.8. The quantitative estimate of drug-likeness (QED) is 0.324. The Bertz CT molecular complexity index is 1410. The number of anilines is 1. The van der Waals surface area contributed by atoms with Crippen LogP contribution in [0.1, 0.15) is 23.9 Å². The fourth-order valence-corrected chi connectivity index (χ4v) is 5.22. The van der Waals surface area contributed by atoms with Crippen molar-refractivity contribution in [3.05, 3.63) is 75.5 Å². The molecule has 2 aromatic carbocycles. The van der Waals surface area contributed by atoms with Crippen LogP contribution in [0.4, 0.5) is 5.69 Å². The van der Waals surface area contributed by atoms with E-state index in [0.29, 0.717) is 15.7 Å². The minimum atomic E-state index is -3.92. The molecule has 0 fully saturated rings. The van der Waals surface area contributed by atoms with Crippen LogP contribution < -0.4 is 10.7 Å². The highest BCUT2D eigenvalue weighted by Gasteiger charge is 2.23. The van der Waals surface area contributed by atoms with Crippen LogP contribution in [-0.2, 0) is 19.6 Å². The van der Waals surface area contributed by atoms with Crippen LogP contribution in [-0.4, -0.2) is 48.9 Å². The van der Waals surface area contributed by atoms with Crippen LogP contribution in [0, 0.1) is 13.8 Å². The summed E-state index contributed by atoms with van der Waals surface area (Å²) in [5, 5.41) is 7.56. The largest absolute Gasteiger partial charge is 0.326 e. The maximum Gasteiger partial charge on any atom is 0.255 e. The number of aromatic nitrogens is 1. The zero-order valence-electron chi connectivity index (χ0n) is 20.0. The van der Waals surface area contributed by atoms with Gasteiger partial charge in [0.05, 0.1) is 17.7 Å². The fourth-order valence-electron chi connectivity index (χ4n) is 3.57. The third-order valence-corrected chi connectivity index (χ3v) is 7.47. The molecule has 0 saturated heterocycles. The van der Waals surface area contributed by atoms with Crippen molar-refractivity contribution in [1.82, 2.24) is 14.3 Å². The molecule has 3 aromatic rings. The first kappa shape index (κ1) is 27.4. The van der Waals surface area contributed by atoms with Crippen LogP contribution in [0.25, 0.3) is 5.69 Å². The SMILES string of the molecule is CC(=O)Nc1ccc(S(=O)(=O)N(C)CC(=O)N/N=C\c2cc(C)n(-c3cc(Cl)cc(Cl)c3)c2C)cc1. The van der Waals surface area contributed by atoms with E-state index in [1.165, 1.54) is 44.5 Å². The van der Waals surface area contributed by atoms with E-state index in [2.05, 4.69) is 15.8 Å². The average Bonchev–Trinajstić information content (AvgIpc) is 3.06. The summed E-state index contributed by atoms with van der Waals surface area (Å²) in [6.07, 6.45) is 1.48. The lowest BCUT2D eigenvalue weighted by Gasteiger charge is -2.16. The average molecular weight is 550 g/mol. The van der Waals surface area contributed by atoms with Gasteiger partial charge in [0, 0.05) is 52.3 Å². The highest BCUT2D eigenvalue weighted by Crippen LogP contribution is 2.26. The van der Waals surface area contributed by atoms with E-state index in [1.807, 2.05) is 24.5 Å². The van der Waals surface area contributed by atoms with Crippen LogP contribution in [0.15, 0.2) is 58.5 Å². The smallest absolute Gasteiger partial charge is 0.255 e. The van der Waals surface area contributed by atoms with Crippen LogP contribution in [0.3, 0.4) is 0 Å². The number of carbonyl (C=O) groups excluding carboxylic acids is 2. The maximum absolute atomic E-state index is 12.8. The summed E-state index contributed by atoms with van der Waals surface area (Å²) < 4.78 is 28.4. The minimum absolute atomic E-state index is 0.0102. The van der Waals surface area contributed by atoms with Gasteiger partial charge in [0.2, 0.25) is 15.9 Å². The van der Waals surface area contributed by atoms with Gasteiger partial charge in [-0.3, -0.25) is 9.59 Å². The van der Waals surface area contributed by atoms with Gasteiger partial charge in [-0.25, -0.2) is 13.8 Å². The fraction of sp³-hybridized carbons (Fsp3) is 0.208. The first-order valence-electron chi connectivity index (χ1n) is 10.7. The van der Waals surface area contributed by atoms with Crippen molar-refractivity contribution in [3.8, 4) is 5.69 Å². The topological polar surface area (TPSA) is 113 Å². The second kappa shape index (κ2) is 11.3. The summed E-state index contributed by atoms with van der Waals surface area (Å²) in [5.74, 6) is -0.877. The van der Waals surface area contributed by atoms with Gasteiger partial charge in [-0.05, 0) is 62.4 Å². The molecule has 0 atom stereocenters. The monoisotopic (exact) mass is 549 g/mol. The van der Waals surface area contributed by atoms with Gasteiger partial charge >= 0.3 is 0 Å². The molecule has 0 radical (unpaired) electrons. The number of halogens is 2. The van der Waals surface area contributed by atoms with E-state index in [0.717, 1.165) is 26.9 Å². The Morgan fingerprint density at radius 3 is 2.25 bits per heavy atom. The van der Waals surface area contributed by atoms with Crippen molar-refractivity contribution in [1.29, 1.82) is 0 Å². The van der Waals surface area contributed by atoms with Gasteiger partial charge in [-0.1, -0.05) is 23.2 Å². The summed E-state index contributed by atoms with van der Waals surface area (Å²) in [6, 6.07) is 12.8. The number of hydrogen-bond donors (Lipinski definition) is 2. The van der Waals surface area contributed by atoms with E-state index in [1.54, 1.807) is 18.2 Å². The molecule has 2 N–H and O–H groups in total. The van der Waals surface area contributed by atoms with Crippen LogP contribution in [0.5, 0.6) is 0 Å². The van der Waals surface area contributed by atoms with Crippen molar-refractivity contribution in [2.75, 3.05) is 18.9 Å². The summed E-state index contributed by atoms with van der Waals surface area (Å²) in [4.78, 5) is 23.5. The standard InChI is InChI=1S/C24H25Cl2N5O4S/c1-15-9-18(16(2)31(15)22-11-19(25)10-20(26)12-22)13-27-29-24(33)14-30(4)36(34,35)23-7-5-21(6-8-23)28-17(3)32/h5-13H,14H2,1-4H3,(H,28,32)(H,29,33)/b27-13-. The van der Waals surface area contributed by atoms with Crippen molar-refractivity contribution >= 4 is 56.9 Å². The molecule has 0 aliphatic heterocycles. The number of sulfonamides is 1. The number of rotatable bonds is 8. The molecule has 0 bridgehead atoms. The molecule has 0 saturated carbocycles. The van der Waals surface area contributed by atoms with Crippen LogP contribution >= 0.6 is 23.2 Å². The van der Waals surface area contributed by atoms with Crippen molar-refractivity contribution < 1.29 is 18.0 Å². The molecule has 0 aliphatic rings.